The zero-order valence-electron chi connectivity index (χ0n) is 6.88. The van der Waals surface area contributed by atoms with E-state index in [1.807, 2.05) is 12.1 Å². The summed E-state index contributed by atoms with van der Waals surface area (Å²) in [7, 11) is 0. The van der Waals surface area contributed by atoms with E-state index in [1.54, 1.807) is 12.4 Å². The Morgan fingerprint density at radius 1 is 1.62 bits per heavy atom. The Balaban J connectivity index is 2.39. The topological polar surface area (TPSA) is 76.2 Å². The first-order valence-corrected chi connectivity index (χ1v) is 4.70. The highest BCUT2D eigenvalue weighted by molar-refractivity contribution is 7.99. The summed E-state index contributed by atoms with van der Waals surface area (Å²) in [5, 5.41) is 8.51. The van der Waals surface area contributed by atoms with Crippen molar-refractivity contribution in [2.45, 2.75) is 10.9 Å². The average Bonchev–Trinajstić information content (AvgIpc) is 2.15. The number of hydrogen-bond donors (Lipinski definition) is 2. The number of hydrogen-bond acceptors (Lipinski definition) is 4. The van der Waals surface area contributed by atoms with Gasteiger partial charge in [0, 0.05) is 23.0 Å². The van der Waals surface area contributed by atoms with Gasteiger partial charge in [0.15, 0.2) is 0 Å². The van der Waals surface area contributed by atoms with Crippen molar-refractivity contribution in [1.29, 1.82) is 0 Å². The van der Waals surface area contributed by atoms with E-state index in [2.05, 4.69) is 4.98 Å². The molecule has 1 heterocycles. The second kappa shape index (κ2) is 4.84. The number of carbonyl (C=O) groups is 1. The van der Waals surface area contributed by atoms with Crippen molar-refractivity contribution in [3.8, 4) is 0 Å². The molecule has 0 radical (unpaired) electrons. The van der Waals surface area contributed by atoms with E-state index in [9.17, 15) is 4.79 Å². The van der Waals surface area contributed by atoms with Gasteiger partial charge in [-0.05, 0) is 12.1 Å². The molecule has 0 aliphatic heterocycles. The molecule has 3 N–H and O–H groups in total. The van der Waals surface area contributed by atoms with Crippen molar-refractivity contribution in [2.75, 3.05) is 5.75 Å². The first-order chi connectivity index (χ1) is 6.20. The molecule has 0 aliphatic carbocycles. The largest absolute Gasteiger partial charge is 0.480 e. The number of aliphatic carboxylic acids is 1. The molecule has 1 atom stereocenters. The number of aromatic nitrogens is 1. The third-order valence-corrected chi connectivity index (χ3v) is 2.53. The Kier molecular flexibility index (Phi) is 3.72. The molecule has 0 spiro atoms. The maximum Gasteiger partial charge on any atom is 0.321 e. The van der Waals surface area contributed by atoms with E-state index >= 15 is 0 Å². The second-order valence-electron chi connectivity index (χ2n) is 2.44. The molecule has 0 fully saturated rings. The van der Waals surface area contributed by atoms with Gasteiger partial charge in [-0.1, -0.05) is 0 Å². The van der Waals surface area contributed by atoms with Gasteiger partial charge in [-0.3, -0.25) is 9.78 Å². The van der Waals surface area contributed by atoms with E-state index in [1.165, 1.54) is 11.8 Å². The lowest BCUT2D eigenvalue weighted by atomic mass is 10.4. The molecule has 1 unspecified atom stereocenters. The number of carboxylic acid groups (broad SMARTS) is 1. The smallest absolute Gasteiger partial charge is 0.321 e. The van der Waals surface area contributed by atoms with E-state index in [4.69, 9.17) is 10.8 Å². The van der Waals surface area contributed by atoms with Crippen LogP contribution in [0.15, 0.2) is 29.4 Å². The predicted molar refractivity (Wildman–Crippen MR) is 50.6 cm³/mol. The van der Waals surface area contributed by atoms with Crippen LogP contribution in [0.3, 0.4) is 0 Å². The maximum absolute atomic E-state index is 10.4. The van der Waals surface area contributed by atoms with E-state index in [0.717, 1.165) is 4.90 Å². The van der Waals surface area contributed by atoms with Crippen molar-refractivity contribution in [3.63, 3.8) is 0 Å². The number of thioether (sulfide) groups is 1. The van der Waals surface area contributed by atoms with Crippen LogP contribution in [-0.4, -0.2) is 27.9 Å². The van der Waals surface area contributed by atoms with Crippen molar-refractivity contribution < 1.29 is 9.90 Å². The molecule has 0 amide bonds. The Morgan fingerprint density at radius 3 is 2.77 bits per heavy atom. The van der Waals surface area contributed by atoms with Gasteiger partial charge < -0.3 is 10.8 Å². The summed E-state index contributed by atoms with van der Waals surface area (Å²) in [6.07, 6.45) is 3.32. The summed E-state index contributed by atoms with van der Waals surface area (Å²) in [5.41, 5.74) is 5.33. The molecule has 1 aromatic rings. The average molecular weight is 198 g/mol. The van der Waals surface area contributed by atoms with Crippen molar-refractivity contribution in [3.05, 3.63) is 24.5 Å². The number of carboxylic acids is 1. The third-order valence-electron chi connectivity index (χ3n) is 1.40. The summed E-state index contributed by atoms with van der Waals surface area (Å²) in [5.74, 6) is -0.596. The molecule has 0 aromatic carbocycles. The minimum atomic E-state index is -0.971. The molecule has 0 saturated carbocycles. The van der Waals surface area contributed by atoms with Gasteiger partial charge in [0.1, 0.15) is 6.04 Å². The SMILES string of the molecule is NC(CSc1ccncc1)C(=O)O. The van der Waals surface area contributed by atoms with Crippen LogP contribution in [0.25, 0.3) is 0 Å². The van der Waals surface area contributed by atoms with Crippen LogP contribution < -0.4 is 5.73 Å². The Bertz CT molecular complexity index is 279. The zero-order chi connectivity index (χ0) is 9.68. The summed E-state index contributed by atoms with van der Waals surface area (Å²) >= 11 is 1.41. The minimum absolute atomic E-state index is 0.374. The van der Waals surface area contributed by atoms with Crippen LogP contribution in [0.1, 0.15) is 0 Å². The molecule has 1 aromatic heterocycles. The van der Waals surface area contributed by atoms with Gasteiger partial charge in [-0.2, -0.15) is 0 Å². The standard InChI is InChI=1S/C8H10N2O2S/c9-7(8(11)12)5-13-6-1-3-10-4-2-6/h1-4,7H,5,9H2,(H,11,12). The monoisotopic (exact) mass is 198 g/mol. The maximum atomic E-state index is 10.4. The second-order valence-corrected chi connectivity index (χ2v) is 3.53. The van der Waals surface area contributed by atoms with E-state index < -0.39 is 12.0 Å². The fourth-order valence-corrected chi connectivity index (χ4v) is 1.52. The van der Waals surface area contributed by atoms with Crippen LogP contribution >= 0.6 is 11.8 Å². The fourth-order valence-electron chi connectivity index (χ4n) is 0.692. The van der Waals surface area contributed by atoms with Gasteiger partial charge >= 0.3 is 5.97 Å². The lowest BCUT2D eigenvalue weighted by Crippen LogP contribution is -2.32. The molecule has 5 heteroatoms. The normalized spacial score (nSPS) is 12.4. The van der Waals surface area contributed by atoms with Crippen molar-refractivity contribution in [1.82, 2.24) is 4.98 Å². The molecule has 0 aliphatic rings. The molecule has 0 saturated heterocycles. The highest BCUT2D eigenvalue weighted by Crippen LogP contribution is 2.16. The van der Waals surface area contributed by atoms with Crippen LogP contribution in [0.5, 0.6) is 0 Å². The predicted octanol–water partition coefficient (Wildman–Crippen LogP) is 0.586. The van der Waals surface area contributed by atoms with Crippen LogP contribution in [0.2, 0.25) is 0 Å². The Hall–Kier alpha value is -1.07. The Morgan fingerprint density at radius 2 is 2.23 bits per heavy atom. The lowest BCUT2D eigenvalue weighted by molar-refractivity contribution is -0.137. The summed E-state index contributed by atoms with van der Waals surface area (Å²) in [6, 6.07) is 2.83. The Labute approximate surface area is 80.2 Å². The van der Waals surface area contributed by atoms with Crippen LogP contribution in [0, 0.1) is 0 Å². The molecule has 4 nitrogen and oxygen atoms in total. The van der Waals surface area contributed by atoms with Gasteiger partial charge in [-0.15, -0.1) is 11.8 Å². The van der Waals surface area contributed by atoms with E-state index in [0.29, 0.717) is 5.75 Å². The summed E-state index contributed by atoms with van der Waals surface area (Å²) in [6.45, 7) is 0. The van der Waals surface area contributed by atoms with Gasteiger partial charge in [0.2, 0.25) is 0 Å². The highest BCUT2D eigenvalue weighted by Gasteiger charge is 2.10. The third kappa shape index (κ3) is 3.43. The number of nitrogens with two attached hydrogens (primary N) is 1. The molecular formula is C8H10N2O2S. The van der Waals surface area contributed by atoms with Crippen molar-refractivity contribution in [2.24, 2.45) is 5.73 Å². The fraction of sp³-hybridized carbons (Fsp3) is 0.250. The first kappa shape index (κ1) is 10.0. The van der Waals surface area contributed by atoms with Crippen molar-refractivity contribution >= 4 is 17.7 Å². The summed E-state index contributed by atoms with van der Waals surface area (Å²) < 4.78 is 0. The van der Waals surface area contributed by atoms with Gasteiger partial charge in [-0.25, -0.2) is 0 Å². The number of pyridine rings is 1. The molecule has 13 heavy (non-hydrogen) atoms. The molecular weight excluding hydrogens is 188 g/mol. The molecule has 70 valence electrons. The van der Waals surface area contributed by atoms with Crippen LogP contribution in [-0.2, 0) is 4.79 Å². The van der Waals surface area contributed by atoms with Crippen LogP contribution in [0.4, 0.5) is 0 Å². The number of nitrogens with zero attached hydrogens (tertiary/aromatic N) is 1. The quantitative estimate of drug-likeness (QED) is 0.692. The lowest BCUT2D eigenvalue weighted by Gasteiger charge is -2.04. The highest BCUT2D eigenvalue weighted by atomic mass is 32.2. The van der Waals surface area contributed by atoms with Gasteiger partial charge in [0.25, 0.3) is 0 Å². The van der Waals surface area contributed by atoms with E-state index in [-0.39, 0.29) is 0 Å². The summed E-state index contributed by atoms with van der Waals surface area (Å²) in [4.78, 5) is 15.2. The molecule has 1 rings (SSSR count). The van der Waals surface area contributed by atoms with Gasteiger partial charge in [0.05, 0.1) is 0 Å². The zero-order valence-corrected chi connectivity index (χ0v) is 7.70. The molecule has 0 bridgehead atoms. The minimum Gasteiger partial charge on any atom is -0.480 e. The number of rotatable bonds is 4. The first-order valence-electron chi connectivity index (χ1n) is 3.71.